The van der Waals surface area contributed by atoms with E-state index in [9.17, 15) is 18.0 Å². The van der Waals surface area contributed by atoms with Gasteiger partial charge in [-0.2, -0.15) is 5.10 Å². The quantitative estimate of drug-likeness (QED) is 0.883. The normalized spacial score (nSPS) is 14.1. The highest BCUT2D eigenvalue weighted by molar-refractivity contribution is 5.93. The van der Waals surface area contributed by atoms with Gasteiger partial charge in [0.25, 0.3) is 5.91 Å². The Bertz CT molecular complexity index is 756. The molecule has 3 rings (SSSR count). The molecular formula is C16H17F3N4O2. The molecule has 25 heavy (non-hydrogen) atoms. The monoisotopic (exact) mass is 354 g/mol. The molecule has 0 saturated heterocycles. The second-order valence-corrected chi connectivity index (χ2v) is 5.81. The first-order valence-electron chi connectivity index (χ1n) is 7.70. The van der Waals surface area contributed by atoms with Crippen molar-refractivity contribution in [2.45, 2.75) is 25.9 Å². The highest BCUT2D eigenvalue weighted by Crippen LogP contribution is 2.23. The van der Waals surface area contributed by atoms with E-state index in [1.807, 2.05) is 0 Å². The Labute approximate surface area is 142 Å². The fourth-order valence-electron chi connectivity index (χ4n) is 2.73. The molecule has 0 fully saturated rings. The van der Waals surface area contributed by atoms with Crippen molar-refractivity contribution in [2.75, 3.05) is 13.6 Å². The Morgan fingerprint density at radius 3 is 2.72 bits per heavy atom. The Balaban J connectivity index is 1.66. The van der Waals surface area contributed by atoms with Crippen molar-refractivity contribution in [3.8, 4) is 5.75 Å². The molecule has 9 heteroatoms. The molecule has 1 aromatic heterocycles. The third-order valence-corrected chi connectivity index (χ3v) is 3.93. The standard InChI is InChI=1S/C16H17F3N4O2/c1-23(9-10-2-4-11(5-3-10)25-16(17,18)19)15(24)14-12-8-20-7-6-13(12)21-22-14/h2-5,20H,6-9H2,1H3,(H,21,22). The summed E-state index contributed by atoms with van der Waals surface area (Å²) in [6.07, 6.45) is -3.93. The molecule has 0 bridgehead atoms. The number of halogens is 3. The number of aromatic amines is 1. The smallest absolute Gasteiger partial charge is 0.406 e. The SMILES string of the molecule is CN(Cc1ccc(OC(F)(F)F)cc1)C(=O)c1n[nH]c2c1CNCC2. The molecule has 2 N–H and O–H groups in total. The predicted octanol–water partition coefficient (Wildman–Crippen LogP) is 2.23. The zero-order valence-corrected chi connectivity index (χ0v) is 13.5. The highest BCUT2D eigenvalue weighted by Gasteiger charge is 2.31. The number of nitrogens with one attached hydrogen (secondary N) is 2. The lowest BCUT2D eigenvalue weighted by Crippen LogP contribution is -2.30. The van der Waals surface area contributed by atoms with Gasteiger partial charge in [-0.15, -0.1) is 13.2 Å². The number of alkyl halides is 3. The van der Waals surface area contributed by atoms with Gasteiger partial charge in [0, 0.05) is 44.4 Å². The van der Waals surface area contributed by atoms with Gasteiger partial charge in [0.1, 0.15) is 5.75 Å². The van der Waals surface area contributed by atoms with E-state index in [1.165, 1.54) is 29.2 Å². The third-order valence-electron chi connectivity index (χ3n) is 3.93. The van der Waals surface area contributed by atoms with Gasteiger partial charge in [-0.3, -0.25) is 9.89 Å². The van der Waals surface area contributed by atoms with E-state index in [4.69, 9.17) is 0 Å². The first-order valence-corrected chi connectivity index (χ1v) is 7.70. The number of benzene rings is 1. The molecular weight excluding hydrogens is 337 g/mol. The van der Waals surface area contributed by atoms with Crippen LogP contribution in [0.1, 0.15) is 27.3 Å². The Kier molecular flexibility index (Phi) is 4.67. The molecule has 0 aliphatic carbocycles. The summed E-state index contributed by atoms with van der Waals surface area (Å²) in [6.45, 7) is 1.68. The van der Waals surface area contributed by atoms with E-state index in [0.29, 0.717) is 17.8 Å². The minimum Gasteiger partial charge on any atom is -0.406 e. The average Bonchev–Trinajstić information content (AvgIpc) is 2.98. The molecule has 1 aromatic carbocycles. The van der Waals surface area contributed by atoms with Crippen molar-refractivity contribution in [3.63, 3.8) is 0 Å². The Morgan fingerprint density at radius 2 is 2.04 bits per heavy atom. The lowest BCUT2D eigenvalue weighted by atomic mass is 10.1. The molecule has 2 aromatic rings. The van der Waals surface area contributed by atoms with Gasteiger partial charge in [0.05, 0.1) is 0 Å². The fraction of sp³-hybridized carbons (Fsp3) is 0.375. The minimum atomic E-state index is -4.72. The van der Waals surface area contributed by atoms with Gasteiger partial charge < -0.3 is 15.0 Å². The summed E-state index contributed by atoms with van der Waals surface area (Å²) in [5, 5.41) is 10.2. The number of carbonyl (C=O) groups excluding carboxylic acids is 1. The van der Waals surface area contributed by atoms with Crippen molar-refractivity contribution < 1.29 is 22.7 Å². The number of hydrogen-bond acceptors (Lipinski definition) is 4. The number of rotatable bonds is 4. The van der Waals surface area contributed by atoms with Crippen LogP contribution < -0.4 is 10.1 Å². The number of hydrogen-bond donors (Lipinski definition) is 2. The molecule has 6 nitrogen and oxygen atoms in total. The van der Waals surface area contributed by atoms with Gasteiger partial charge in [0.2, 0.25) is 0 Å². The number of fused-ring (bicyclic) bond motifs is 1. The number of aromatic nitrogens is 2. The first-order chi connectivity index (χ1) is 11.8. The van der Waals surface area contributed by atoms with E-state index in [1.54, 1.807) is 7.05 Å². The van der Waals surface area contributed by atoms with Crippen LogP contribution in [0.2, 0.25) is 0 Å². The van der Waals surface area contributed by atoms with Crippen molar-refractivity contribution in [1.29, 1.82) is 0 Å². The van der Waals surface area contributed by atoms with Gasteiger partial charge in [-0.25, -0.2) is 0 Å². The van der Waals surface area contributed by atoms with Gasteiger partial charge in [-0.05, 0) is 17.7 Å². The van der Waals surface area contributed by atoms with Crippen LogP contribution in [0, 0.1) is 0 Å². The molecule has 2 heterocycles. The Morgan fingerprint density at radius 1 is 1.32 bits per heavy atom. The third kappa shape index (κ3) is 4.11. The number of amides is 1. The molecule has 1 aliphatic heterocycles. The van der Waals surface area contributed by atoms with Crippen LogP contribution in [-0.2, 0) is 19.5 Å². The molecule has 0 saturated carbocycles. The molecule has 0 radical (unpaired) electrons. The summed E-state index contributed by atoms with van der Waals surface area (Å²) in [5.74, 6) is -0.533. The van der Waals surface area contributed by atoms with Crippen LogP contribution >= 0.6 is 0 Å². The summed E-state index contributed by atoms with van der Waals surface area (Å²) >= 11 is 0. The topological polar surface area (TPSA) is 70.2 Å². The zero-order valence-electron chi connectivity index (χ0n) is 13.5. The first kappa shape index (κ1) is 17.3. The number of nitrogens with zero attached hydrogens (tertiary/aromatic N) is 2. The molecule has 1 aliphatic rings. The van der Waals surface area contributed by atoms with Crippen LogP contribution in [0.3, 0.4) is 0 Å². The summed E-state index contributed by atoms with van der Waals surface area (Å²) in [7, 11) is 1.62. The summed E-state index contributed by atoms with van der Waals surface area (Å²) in [4.78, 5) is 14.1. The molecule has 0 spiro atoms. The maximum atomic E-state index is 12.6. The highest BCUT2D eigenvalue weighted by atomic mass is 19.4. The second-order valence-electron chi connectivity index (χ2n) is 5.81. The van der Waals surface area contributed by atoms with Crippen LogP contribution in [-0.4, -0.2) is 41.0 Å². The molecule has 0 unspecified atom stereocenters. The van der Waals surface area contributed by atoms with Crippen LogP contribution in [0.15, 0.2) is 24.3 Å². The maximum Gasteiger partial charge on any atom is 0.573 e. The zero-order chi connectivity index (χ0) is 18.0. The van der Waals surface area contributed by atoms with Crippen molar-refractivity contribution in [1.82, 2.24) is 20.4 Å². The summed E-state index contributed by atoms with van der Waals surface area (Å²) in [6, 6.07) is 5.43. The second kappa shape index (κ2) is 6.75. The van der Waals surface area contributed by atoms with E-state index in [2.05, 4.69) is 20.3 Å². The fourth-order valence-corrected chi connectivity index (χ4v) is 2.73. The maximum absolute atomic E-state index is 12.6. The lowest BCUT2D eigenvalue weighted by Gasteiger charge is -2.18. The summed E-state index contributed by atoms with van der Waals surface area (Å²) in [5.41, 5.74) is 2.90. The number of ether oxygens (including phenoxy) is 1. The molecule has 134 valence electrons. The minimum absolute atomic E-state index is 0.239. The van der Waals surface area contributed by atoms with Crippen molar-refractivity contribution >= 4 is 5.91 Å². The Hall–Kier alpha value is -2.55. The average molecular weight is 354 g/mol. The van der Waals surface area contributed by atoms with Crippen LogP contribution in [0.4, 0.5) is 13.2 Å². The van der Waals surface area contributed by atoms with Crippen molar-refractivity contribution in [3.05, 3.63) is 46.8 Å². The molecule has 0 atom stereocenters. The summed E-state index contributed by atoms with van der Waals surface area (Å²) < 4.78 is 40.3. The van der Waals surface area contributed by atoms with Crippen LogP contribution in [0.5, 0.6) is 5.75 Å². The lowest BCUT2D eigenvalue weighted by molar-refractivity contribution is -0.274. The van der Waals surface area contributed by atoms with E-state index in [0.717, 1.165) is 24.2 Å². The number of H-pyrrole nitrogens is 1. The van der Waals surface area contributed by atoms with Crippen LogP contribution in [0.25, 0.3) is 0 Å². The van der Waals surface area contributed by atoms with Gasteiger partial charge in [0.15, 0.2) is 5.69 Å². The van der Waals surface area contributed by atoms with E-state index < -0.39 is 6.36 Å². The van der Waals surface area contributed by atoms with Crippen molar-refractivity contribution in [2.24, 2.45) is 0 Å². The molecule has 1 amide bonds. The predicted molar refractivity (Wildman–Crippen MR) is 82.9 cm³/mol. The van der Waals surface area contributed by atoms with Gasteiger partial charge in [-0.1, -0.05) is 12.1 Å². The number of carbonyl (C=O) groups is 1. The van der Waals surface area contributed by atoms with Gasteiger partial charge >= 0.3 is 6.36 Å². The van der Waals surface area contributed by atoms with E-state index in [-0.39, 0.29) is 18.2 Å². The van der Waals surface area contributed by atoms with E-state index >= 15 is 0 Å². The largest absolute Gasteiger partial charge is 0.573 e.